The van der Waals surface area contributed by atoms with Crippen LogP contribution in [0.3, 0.4) is 0 Å². The number of benzene rings is 1. The third-order valence-corrected chi connectivity index (χ3v) is 4.22. The SMILES string of the molecule is CCC1CN(CC(O)COCc2ccccc2Cl)CC(C)O1. The highest BCUT2D eigenvalue weighted by Gasteiger charge is 2.25. The first-order valence-corrected chi connectivity index (χ1v) is 8.33. The van der Waals surface area contributed by atoms with Crippen LogP contribution in [0.15, 0.2) is 24.3 Å². The van der Waals surface area contributed by atoms with E-state index in [1.807, 2.05) is 24.3 Å². The van der Waals surface area contributed by atoms with Crippen LogP contribution in [0.4, 0.5) is 0 Å². The van der Waals surface area contributed by atoms with Crippen molar-refractivity contribution in [3.63, 3.8) is 0 Å². The lowest BCUT2D eigenvalue weighted by molar-refractivity contribution is -0.0906. The minimum absolute atomic E-state index is 0.218. The molecule has 0 amide bonds. The summed E-state index contributed by atoms with van der Waals surface area (Å²) in [6.45, 7) is 7.30. The van der Waals surface area contributed by atoms with Gasteiger partial charge in [0.05, 0.1) is 31.5 Å². The van der Waals surface area contributed by atoms with Crippen molar-refractivity contribution in [3.8, 4) is 0 Å². The molecule has 1 aromatic carbocycles. The van der Waals surface area contributed by atoms with Crippen LogP contribution in [0, 0.1) is 0 Å². The van der Waals surface area contributed by atoms with Crippen molar-refractivity contribution in [2.24, 2.45) is 0 Å². The fraction of sp³-hybridized carbons (Fsp3) is 0.647. The predicted octanol–water partition coefficient (Wildman–Crippen LogP) is 2.72. The molecule has 1 N–H and O–H groups in total. The summed E-state index contributed by atoms with van der Waals surface area (Å²) in [7, 11) is 0. The Labute approximate surface area is 138 Å². The number of rotatable bonds is 7. The van der Waals surface area contributed by atoms with Gasteiger partial charge in [0.2, 0.25) is 0 Å². The molecule has 0 aromatic heterocycles. The molecule has 0 radical (unpaired) electrons. The zero-order valence-corrected chi connectivity index (χ0v) is 14.1. The largest absolute Gasteiger partial charge is 0.389 e. The highest BCUT2D eigenvalue weighted by atomic mass is 35.5. The van der Waals surface area contributed by atoms with Crippen molar-refractivity contribution >= 4 is 11.6 Å². The topological polar surface area (TPSA) is 41.9 Å². The summed E-state index contributed by atoms with van der Waals surface area (Å²) in [5.41, 5.74) is 0.947. The summed E-state index contributed by atoms with van der Waals surface area (Å²) in [6, 6.07) is 7.60. The van der Waals surface area contributed by atoms with Gasteiger partial charge in [0.25, 0.3) is 0 Å². The Morgan fingerprint density at radius 1 is 1.41 bits per heavy atom. The van der Waals surface area contributed by atoms with Crippen molar-refractivity contribution in [3.05, 3.63) is 34.9 Å². The van der Waals surface area contributed by atoms with Crippen molar-refractivity contribution in [1.29, 1.82) is 0 Å². The summed E-state index contributed by atoms with van der Waals surface area (Å²) in [4.78, 5) is 2.26. The molecule has 22 heavy (non-hydrogen) atoms. The van der Waals surface area contributed by atoms with E-state index in [4.69, 9.17) is 21.1 Å². The number of morpholine rings is 1. The lowest BCUT2D eigenvalue weighted by atomic mass is 10.1. The lowest BCUT2D eigenvalue weighted by Gasteiger charge is -2.37. The molecule has 5 heteroatoms. The fourth-order valence-electron chi connectivity index (χ4n) is 2.79. The first-order valence-electron chi connectivity index (χ1n) is 7.95. The predicted molar refractivity (Wildman–Crippen MR) is 88.2 cm³/mol. The zero-order chi connectivity index (χ0) is 15.9. The van der Waals surface area contributed by atoms with Crippen LogP contribution in [0.25, 0.3) is 0 Å². The van der Waals surface area contributed by atoms with E-state index in [1.165, 1.54) is 0 Å². The molecule has 1 heterocycles. The van der Waals surface area contributed by atoms with Crippen molar-refractivity contribution in [1.82, 2.24) is 4.90 Å². The minimum atomic E-state index is -0.495. The van der Waals surface area contributed by atoms with Gasteiger partial charge in [0.1, 0.15) is 0 Å². The highest BCUT2D eigenvalue weighted by Crippen LogP contribution is 2.16. The number of nitrogens with zero attached hydrogens (tertiary/aromatic N) is 1. The Morgan fingerprint density at radius 2 is 2.18 bits per heavy atom. The van der Waals surface area contributed by atoms with Gasteiger partial charge in [-0.25, -0.2) is 0 Å². The van der Waals surface area contributed by atoms with Crippen LogP contribution in [-0.4, -0.2) is 54.6 Å². The molecule has 124 valence electrons. The molecule has 3 atom stereocenters. The molecular weight excluding hydrogens is 302 g/mol. The smallest absolute Gasteiger partial charge is 0.0900 e. The Kier molecular flexibility index (Phi) is 7.12. The van der Waals surface area contributed by atoms with E-state index < -0.39 is 6.10 Å². The summed E-state index contributed by atoms with van der Waals surface area (Å²) in [6.07, 6.45) is 0.986. The van der Waals surface area contributed by atoms with E-state index in [9.17, 15) is 5.11 Å². The van der Waals surface area contributed by atoms with Gasteiger partial charge in [-0.3, -0.25) is 4.90 Å². The third-order valence-electron chi connectivity index (χ3n) is 3.85. The number of hydrogen-bond acceptors (Lipinski definition) is 4. The van der Waals surface area contributed by atoms with Gasteiger partial charge in [-0.05, 0) is 25.0 Å². The second kappa shape index (κ2) is 8.85. The number of halogens is 1. The molecule has 0 saturated carbocycles. The lowest BCUT2D eigenvalue weighted by Crippen LogP contribution is -2.49. The molecule has 4 nitrogen and oxygen atoms in total. The van der Waals surface area contributed by atoms with Crippen molar-refractivity contribution in [2.45, 2.75) is 45.2 Å². The first-order chi connectivity index (χ1) is 10.6. The molecule has 2 rings (SSSR count). The second-order valence-electron chi connectivity index (χ2n) is 5.96. The summed E-state index contributed by atoms with van der Waals surface area (Å²) < 4.78 is 11.4. The number of hydrogen-bond donors (Lipinski definition) is 1. The van der Waals surface area contributed by atoms with Gasteiger partial charge < -0.3 is 14.6 Å². The van der Waals surface area contributed by atoms with Crippen LogP contribution in [0.2, 0.25) is 5.02 Å². The van der Waals surface area contributed by atoms with Gasteiger partial charge in [-0.1, -0.05) is 36.7 Å². The number of ether oxygens (including phenoxy) is 2. The highest BCUT2D eigenvalue weighted by molar-refractivity contribution is 6.31. The third kappa shape index (κ3) is 5.52. The van der Waals surface area contributed by atoms with Crippen LogP contribution < -0.4 is 0 Å². The number of aliphatic hydroxyl groups excluding tert-OH is 1. The summed E-state index contributed by atoms with van der Waals surface area (Å²) >= 11 is 6.08. The fourth-order valence-corrected chi connectivity index (χ4v) is 2.98. The molecule has 0 spiro atoms. The van der Waals surface area contributed by atoms with Crippen LogP contribution in [-0.2, 0) is 16.1 Å². The molecule has 1 aliphatic heterocycles. The molecule has 1 aliphatic rings. The van der Waals surface area contributed by atoms with Crippen molar-refractivity contribution in [2.75, 3.05) is 26.2 Å². The monoisotopic (exact) mass is 327 g/mol. The Balaban J connectivity index is 1.71. The molecule has 0 aliphatic carbocycles. The summed E-state index contributed by atoms with van der Waals surface area (Å²) in [5.74, 6) is 0. The van der Waals surface area contributed by atoms with Gasteiger partial charge in [-0.15, -0.1) is 0 Å². The van der Waals surface area contributed by atoms with E-state index in [-0.39, 0.29) is 12.2 Å². The van der Waals surface area contributed by atoms with E-state index >= 15 is 0 Å². The molecule has 1 aromatic rings. The van der Waals surface area contributed by atoms with E-state index in [1.54, 1.807) is 0 Å². The van der Waals surface area contributed by atoms with Crippen LogP contribution >= 0.6 is 11.6 Å². The van der Waals surface area contributed by atoms with E-state index in [2.05, 4.69) is 18.7 Å². The molecule has 1 saturated heterocycles. The van der Waals surface area contributed by atoms with Crippen LogP contribution in [0.5, 0.6) is 0 Å². The molecule has 3 unspecified atom stereocenters. The number of aliphatic hydroxyl groups is 1. The zero-order valence-electron chi connectivity index (χ0n) is 13.4. The summed E-state index contributed by atoms with van der Waals surface area (Å²) in [5, 5.41) is 10.9. The van der Waals surface area contributed by atoms with Gasteiger partial charge in [0, 0.05) is 24.7 Å². The minimum Gasteiger partial charge on any atom is -0.389 e. The Hall–Kier alpha value is -0.650. The molecule has 1 fully saturated rings. The number of β-amino-alcohol motifs (C(OH)–C–C–N with tert-alkyl or cyclic N) is 1. The quantitative estimate of drug-likeness (QED) is 0.836. The van der Waals surface area contributed by atoms with Gasteiger partial charge in [0.15, 0.2) is 0 Å². The standard InChI is InChI=1S/C17H26ClNO3/c1-3-16-10-19(8-13(2)22-16)9-15(20)12-21-11-14-6-4-5-7-17(14)18/h4-7,13,15-16,20H,3,8-12H2,1-2H3. The maximum atomic E-state index is 10.2. The van der Waals surface area contributed by atoms with Gasteiger partial charge >= 0.3 is 0 Å². The van der Waals surface area contributed by atoms with Gasteiger partial charge in [-0.2, -0.15) is 0 Å². The average Bonchev–Trinajstić information content (AvgIpc) is 2.48. The Morgan fingerprint density at radius 3 is 2.91 bits per heavy atom. The Bertz CT molecular complexity index is 457. The second-order valence-corrected chi connectivity index (χ2v) is 6.36. The van der Waals surface area contributed by atoms with E-state index in [0.717, 1.165) is 25.1 Å². The maximum absolute atomic E-state index is 10.2. The normalized spacial score (nSPS) is 24.4. The molecule has 0 bridgehead atoms. The average molecular weight is 328 g/mol. The van der Waals surface area contributed by atoms with E-state index in [0.29, 0.717) is 24.8 Å². The van der Waals surface area contributed by atoms with Crippen LogP contribution in [0.1, 0.15) is 25.8 Å². The molecular formula is C17H26ClNO3. The first kappa shape index (κ1) is 17.7. The van der Waals surface area contributed by atoms with Crippen molar-refractivity contribution < 1.29 is 14.6 Å². The maximum Gasteiger partial charge on any atom is 0.0900 e.